The lowest BCUT2D eigenvalue weighted by molar-refractivity contribution is 0.454. The van der Waals surface area contributed by atoms with Gasteiger partial charge in [-0.25, -0.2) is 13.1 Å². The third-order valence-corrected chi connectivity index (χ3v) is 6.55. The SMILES string of the molecule is Cc1cccc(CS(=O)(=O)Nc2ccc(Oc3ccc(-n4nc(C)c(C)c4C)nn3)cc2)c1. The first-order valence-electron chi connectivity index (χ1n) is 10.4. The number of nitrogens with one attached hydrogen (secondary N) is 1. The molecule has 0 bridgehead atoms. The molecule has 4 aromatic rings. The second kappa shape index (κ2) is 9.03. The number of sulfonamides is 1. The number of hydrogen-bond acceptors (Lipinski definition) is 6. The lowest BCUT2D eigenvalue weighted by atomic mass is 10.2. The average molecular weight is 464 g/mol. The highest BCUT2D eigenvalue weighted by molar-refractivity contribution is 7.91. The van der Waals surface area contributed by atoms with E-state index in [1.165, 1.54) is 0 Å². The van der Waals surface area contributed by atoms with Crippen molar-refractivity contribution in [3.05, 3.63) is 88.7 Å². The smallest absolute Gasteiger partial charge is 0.238 e. The van der Waals surface area contributed by atoms with Gasteiger partial charge in [0.15, 0.2) is 5.82 Å². The average Bonchev–Trinajstić information content (AvgIpc) is 3.02. The topological polar surface area (TPSA) is 99.0 Å². The molecule has 4 rings (SSSR count). The van der Waals surface area contributed by atoms with Crippen LogP contribution in [0.4, 0.5) is 5.69 Å². The molecule has 0 aliphatic rings. The molecule has 0 amide bonds. The van der Waals surface area contributed by atoms with Gasteiger partial charge in [0.1, 0.15) is 5.75 Å². The summed E-state index contributed by atoms with van der Waals surface area (Å²) in [6.45, 7) is 7.89. The standard InChI is InChI=1S/C24H25N5O3S/c1-16-6-5-7-20(14-16)15-33(30,31)28-21-8-10-22(11-9-21)32-24-13-12-23(25-26-24)29-19(4)17(2)18(3)27-29/h5-14,28H,15H2,1-4H3. The van der Waals surface area contributed by atoms with Crippen LogP contribution in [0.25, 0.3) is 5.82 Å². The molecule has 2 aromatic carbocycles. The molecule has 33 heavy (non-hydrogen) atoms. The fourth-order valence-corrected chi connectivity index (χ4v) is 4.56. The Morgan fingerprint density at radius 3 is 2.30 bits per heavy atom. The Labute approximate surface area is 193 Å². The van der Waals surface area contributed by atoms with Gasteiger partial charge in [-0.05, 0) is 69.2 Å². The predicted octanol–water partition coefficient (Wildman–Crippen LogP) is 4.63. The monoisotopic (exact) mass is 463 g/mol. The van der Waals surface area contributed by atoms with Gasteiger partial charge in [-0.3, -0.25) is 4.72 Å². The molecule has 0 aliphatic heterocycles. The molecule has 0 saturated carbocycles. The maximum Gasteiger partial charge on any atom is 0.238 e. The van der Waals surface area contributed by atoms with E-state index < -0.39 is 10.0 Å². The molecule has 0 radical (unpaired) electrons. The van der Waals surface area contributed by atoms with Crippen LogP contribution in [0, 0.1) is 27.7 Å². The van der Waals surface area contributed by atoms with Gasteiger partial charge in [0.2, 0.25) is 15.9 Å². The van der Waals surface area contributed by atoms with Crippen LogP contribution in [-0.2, 0) is 15.8 Å². The van der Waals surface area contributed by atoms with Crippen molar-refractivity contribution in [1.82, 2.24) is 20.0 Å². The molecule has 9 heteroatoms. The number of nitrogens with zero attached hydrogens (tertiary/aromatic N) is 4. The lowest BCUT2D eigenvalue weighted by Gasteiger charge is -2.10. The highest BCUT2D eigenvalue weighted by atomic mass is 32.2. The first-order chi connectivity index (χ1) is 15.7. The van der Waals surface area contributed by atoms with E-state index in [2.05, 4.69) is 20.0 Å². The number of aryl methyl sites for hydroxylation is 2. The van der Waals surface area contributed by atoms with E-state index in [1.54, 1.807) is 47.1 Å². The normalized spacial score (nSPS) is 11.4. The second-order valence-electron chi connectivity index (χ2n) is 7.91. The van der Waals surface area contributed by atoms with Crippen LogP contribution >= 0.6 is 0 Å². The summed E-state index contributed by atoms with van der Waals surface area (Å²) in [4.78, 5) is 0. The maximum atomic E-state index is 12.5. The molecule has 8 nitrogen and oxygen atoms in total. The molecule has 0 aliphatic carbocycles. The van der Waals surface area contributed by atoms with Crippen molar-refractivity contribution < 1.29 is 13.2 Å². The molecule has 0 unspecified atom stereocenters. The molecular formula is C24H25N5O3S. The Morgan fingerprint density at radius 1 is 0.939 bits per heavy atom. The predicted molar refractivity (Wildman–Crippen MR) is 127 cm³/mol. The molecule has 0 atom stereocenters. The highest BCUT2D eigenvalue weighted by Crippen LogP contribution is 2.23. The summed E-state index contributed by atoms with van der Waals surface area (Å²) in [5.74, 6) is 1.35. The molecular weight excluding hydrogens is 438 g/mol. The zero-order valence-electron chi connectivity index (χ0n) is 18.9. The Kier molecular flexibility index (Phi) is 6.15. The first-order valence-corrected chi connectivity index (χ1v) is 12.1. The summed E-state index contributed by atoms with van der Waals surface area (Å²) in [5.41, 5.74) is 5.29. The van der Waals surface area contributed by atoms with Gasteiger partial charge in [0.25, 0.3) is 0 Å². The fourth-order valence-electron chi connectivity index (χ4n) is 3.37. The third kappa shape index (κ3) is 5.38. The Morgan fingerprint density at radius 2 is 1.70 bits per heavy atom. The van der Waals surface area contributed by atoms with E-state index in [0.717, 1.165) is 28.1 Å². The van der Waals surface area contributed by atoms with Gasteiger partial charge in [-0.2, -0.15) is 5.10 Å². The summed E-state index contributed by atoms with van der Waals surface area (Å²) in [5, 5.41) is 12.8. The van der Waals surface area contributed by atoms with Crippen molar-refractivity contribution in [2.24, 2.45) is 0 Å². The Hall–Kier alpha value is -3.72. The van der Waals surface area contributed by atoms with Crippen LogP contribution in [0.15, 0.2) is 60.7 Å². The lowest BCUT2D eigenvalue weighted by Crippen LogP contribution is -2.15. The van der Waals surface area contributed by atoms with E-state index in [0.29, 0.717) is 23.1 Å². The van der Waals surface area contributed by atoms with E-state index in [1.807, 2.05) is 45.9 Å². The van der Waals surface area contributed by atoms with E-state index >= 15 is 0 Å². The zero-order chi connectivity index (χ0) is 23.6. The molecule has 2 aromatic heterocycles. The van der Waals surface area contributed by atoms with E-state index in [4.69, 9.17) is 4.74 Å². The molecule has 0 saturated heterocycles. The summed E-state index contributed by atoms with van der Waals surface area (Å²) in [6.07, 6.45) is 0. The largest absolute Gasteiger partial charge is 0.438 e. The fraction of sp³-hybridized carbons (Fsp3) is 0.208. The first kappa shape index (κ1) is 22.5. The van der Waals surface area contributed by atoms with Gasteiger partial charge in [0, 0.05) is 17.4 Å². The van der Waals surface area contributed by atoms with Gasteiger partial charge >= 0.3 is 0 Å². The molecule has 0 spiro atoms. The van der Waals surface area contributed by atoms with Crippen molar-refractivity contribution in [3.8, 4) is 17.4 Å². The summed E-state index contributed by atoms with van der Waals surface area (Å²) in [6, 6.07) is 17.6. The van der Waals surface area contributed by atoms with Crippen LogP contribution in [0.2, 0.25) is 0 Å². The zero-order valence-corrected chi connectivity index (χ0v) is 19.7. The Balaban J connectivity index is 1.40. The van der Waals surface area contributed by atoms with Crippen molar-refractivity contribution >= 4 is 15.7 Å². The van der Waals surface area contributed by atoms with Gasteiger partial charge in [-0.1, -0.05) is 29.8 Å². The van der Waals surface area contributed by atoms with Crippen molar-refractivity contribution in [3.63, 3.8) is 0 Å². The summed E-state index contributed by atoms with van der Waals surface area (Å²) < 4.78 is 35.1. The number of ether oxygens (including phenoxy) is 1. The summed E-state index contributed by atoms with van der Waals surface area (Å²) >= 11 is 0. The molecule has 0 fully saturated rings. The maximum absolute atomic E-state index is 12.5. The van der Waals surface area contributed by atoms with Gasteiger partial charge in [-0.15, -0.1) is 10.2 Å². The minimum absolute atomic E-state index is 0.0936. The molecule has 2 heterocycles. The van der Waals surface area contributed by atoms with Crippen LogP contribution < -0.4 is 9.46 Å². The number of rotatable bonds is 7. The molecule has 1 N–H and O–H groups in total. The second-order valence-corrected chi connectivity index (χ2v) is 9.64. The Bertz CT molecular complexity index is 1380. The van der Waals surface area contributed by atoms with Crippen LogP contribution in [0.1, 0.15) is 28.1 Å². The number of anilines is 1. The summed E-state index contributed by atoms with van der Waals surface area (Å²) in [7, 11) is -3.53. The van der Waals surface area contributed by atoms with Crippen molar-refractivity contribution in [2.75, 3.05) is 4.72 Å². The third-order valence-electron chi connectivity index (χ3n) is 5.29. The van der Waals surface area contributed by atoms with E-state index in [-0.39, 0.29) is 5.75 Å². The number of aromatic nitrogens is 4. The minimum Gasteiger partial charge on any atom is -0.438 e. The quantitative estimate of drug-likeness (QED) is 0.429. The van der Waals surface area contributed by atoms with Crippen LogP contribution in [-0.4, -0.2) is 28.4 Å². The van der Waals surface area contributed by atoms with Gasteiger partial charge < -0.3 is 4.74 Å². The number of hydrogen-bond donors (Lipinski definition) is 1. The minimum atomic E-state index is -3.53. The van der Waals surface area contributed by atoms with Gasteiger partial charge in [0.05, 0.1) is 11.4 Å². The van der Waals surface area contributed by atoms with Crippen LogP contribution in [0.3, 0.4) is 0 Å². The van der Waals surface area contributed by atoms with Crippen LogP contribution in [0.5, 0.6) is 11.6 Å². The number of benzene rings is 2. The van der Waals surface area contributed by atoms with Crippen molar-refractivity contribution in [2.45, 2.75) is 33.4 Å². The highest BCUT2D eigenvalue weighted by Gasteiger charge is 2.13. The van der Waals surface area contributed by atoms with Crippen molar-refractivity contribution in [1.29, 1.82) is 0 Å². The van der Waals surface area contributed by atoms with E-state index in [9.17, 15) is 8.42 Å². The molecule has 170 valence electrons.